The first-order valence-corrected chi connectivity index (χ1v) is 5.04. The van der Waals surface area contributed by atoms with Gasteiger partial charge in [-0.25, -0.2) is 0 Å². The Morgan fingerprint density at radius 1 is 1.19 bits per heavy atom. The number of carbonyl (C=O) groups is 2. The van der Waals surface area contributed by atoms with Crippen molar-refractivity contribution in [2.45, 2.75) is 0 Å². The third-order valence-electron chi connectivity index (χ3n) is 2.88. The van der Waals surface area contributed by atoms with E-state index >= 15 is 0 Å². The summed E-state index contributed by atoms with van der Waals surface area (Å²) in [5.74, 6) is -0.943. The summed E-state index contributed by atoms with van der Waals surface area (Å²) in [5, 5.41) is 0. The van der Waals surface area contributed by atoms with E-state index in [1.54, 1.807) is 24.3 Å². The van der Waals surface area contributed by atoms with Crippen molar-refractivity contribution < 1.29 is 14.3 Å². The molecule has 2 aliphatic carbocycles. The zero-order valence-electron chi connectivity index (χ0n) is 8.97. The number of ether oxygens (including phenoxy) is 1. The van der Waals surface area contributed by atoms with Crippen LogP contribution in [0.15, 0.2) is 48.3 Å². The summed E-state index contributed by atoms with van der Waals surface area (Å²) in [5.41, 5.74) is 0.286. The highest BCUT2D eigenvalue weighted by molar-refractivity contribution is 6.15. The predicted octanol–water partition coefficient (Wildman–Crippen LogP) is 1.58. The number of carbonyl (C=O) groups excluding carboxylic acids is 2. The third kappa shape index (κ3) is 1.36. The van der Waals surface area contributed by atoms with Crippen molar-refractivity contribution in [2.75, 3.05) is 7.11 Å². The van der Waals surface area contributed by atoms with Crippen LogP contribution in [0.3, 0.4) is 0 Å². The van der Waals surface area contributed by atoms with Gasteiger partial charge in [-0.1, -0.05) is 37.0 Å². The lowest BCUT2D eigenvalue weighted by atomic mass is 9.75. The van der Waals surface area contributed by atoms with Gasteiger partial charge in [-0.15, -0.1) is 0 Å². The molecule has 82 valence electrons. The summed E-state index contributed by atoms with van der Waals surface area (Å²) in [4.78, 5) is 24.1. The molecule has 0 aliphatic heterocycles. The molecule has 2 aliphatic rings. The summed E-state index contributed by atoms with van der Waals surface area (Å²) >= 11 is 0. The molecule has 0 fully saturated rings. The molecule has 0 aromatic rings. The van der Waals surface area contributed by atoms with E-state index in [-0.39, 0.29) is 22.9 Å². The average Bonchev–Trinajstić information content (AvgIpc) is 2.33. The molecule has 2 rings (SSSR count). The van der Waals surface area contributed by atoms with Crippen molar-refractivity contribution in [1.82, 2.24) is 0 Å². The molecule has 0 heterocycles. The maximum atomic E-state index is 12.1. The van der Waals surface area contributed by atoms with Crippen LogP contribution in [0.5, 0.6) is 0 Å². The van der Waals surface area contributed by atoms with Crippen molar-refractivity contribution in [2.24, 2.45) is 11.8 Å². The van der Waals surface area contributed by atoms with Crippen LogP contribution in [-0.2, 0) is 14.3 Å². The van der Waals surface area contributed by atoms with Crippen molar-refractivity contribution in [3.05, 3.63) is 48.3 Å². The van der Waals surface area contributed by atoms with Crippen LogP contribution in [0.2, 0.25) is 0 Å². The third-order valence-corrected chi connectivity index (χ3v) is 2.88. The molecular formula is C13H12O3. The minimum Gasteiger partial charge on any atom is -0.492 e. The van der Waals surface area contributed by atoms with Gasteiger partial charge in [0.25, 0.3) is 0 Å². The van der Waals surface area contributed by atoms with E-state index < -0.39 is 11.8 Å². The number of Topliss-reactive ketones (excluding diaryl/α,β-unsaturated/α-hetero) is 2. The first kappa shape index (κ1) is 10.6. The maximum absolute atomic E-state index is 12.1. The molecule has 0 saturated carbocycles. The SMILES string of the molecule is C=CC1=C(OC)C(=O)C2C=CC=CC2C1=O. The molecule has 3 nitrogen and oxygen atoms in total. The summed E-state index contributed by atoms with van der Waals surface area (Å²) in [6, 6.07) is 0. The summed E-state index contributed by atoms with van der Waals surface area (Å²) in [7, 11) is 1.40. The van der Waals surface area contributed by atoms with E-state index in [2.05, 4.69) is 6.58 Å². The van der Waals surface area contributed by atoms with E-state index in [0.29, 0.717) is 0 Å². The number of methoxy groups -OCH3 is 1. The summed E-state index contributed by atoms with van der Waals surface area (Å²) < 4.78 is 5.01. The highest BCUT2D eigenvalue weighted by Crippen LogP contribution is 2.33. The number of fused-ring (bicyclic) bond motifs is 1. The summed E-state index contributed by atoms with van der Waals surface area (Å²) in [6.07, 6.45) is 8.44. The standard InChI is InChI=1S/C13H12O3/c1-3-8-11(14)9-6-4-5-7-10(9)12(15)13(8)16-2/h3-7,9-10H,1H2,2H3. The number of allylic oxidation sites excluding steroid dienone is 7. The van der Waals surface area contributed by atoms with Gasteiger partial charge in [0.05, 0.1) is 24.5 Å². The second kappa shape index (κ2) is 3.93. The Bertz CT molecular complexity index is 452. The van der Waals surface area contributed by atoms with Gasteiger partial charge in [0, 0.05) is 0 Å². The highest BCUT2D eigenvalue weighted by Gasteiger charge is 2.41. The van der Waals surface area contributed by atoms with E-state index in [0.717, 1.165) is 0 Å². The molecule has 0 bridgehead atoms. The lowest BCUT2D eigenvalue weighted by Gasteiger charge is -2.28. The number of ketones is 2. The second-order valence-electron chi connectivity index (χ2n) is 3.70. The van der Waals surface area contributed by atoms with Crippen LogP contribution in [0.4, 0.5) is 0 Å². The molecular weight excluding hydrogens is 204 g/mol. The van der Waals surface area contributed by atoms with Crippen LogP contribution < -0.4 is 0 Å². The van der Waals surface area contributed by atoms with Gasteiger partial charge in [-0.05, 0) is 0 Å². The molecule has 2 atom stereocenters. The molecule has 0 aromatic heterocycles. The first-order chi connectivity index (χ1) is 7.70. The molecule has 0 amide bonds. The molecule has 16 heavy (non-hydrogen) atoms. The largest absolute Gasteiger partial charge is 0.492 e. The Kier molecular flexibility index (Phi) is 2.60. The van der Waals surface area contributed by atoms with Gasteiger partial charge in [0.15, 0.2) is 11.5 Å². The quantitative estimate of drug-likeness (QED) is 0.704. The van der Waals surface area contributed by atoms with Gasteiger partial charge < -0.3 is 4.74 Å². The number of rotatable bonds is 2. The Hall–Kier alpha value is -1.90. The van der Waals surface area contributed by atoms with Crippen molar-refractivity contribution in [1.29, 1.82) is 0 Å². The number of hydrogen-bond acceptors (Lipinski definition) is 3. The predicted molar refractivity (Wildman–Crippen MR) is 59.5 cm³/mol. The fourth-order valence-corrected chi connectivity index (χ4v) is 2.09. The zero-order chi connectivity index (χ0) is 11.7. The van der Waals surface area contributed by atoms with Crippen LogP contribution in [0.1, 0.15) is 0 Å². The maximum Gasteiger partial charge on any atom is 0.205 e. The minimum atomic E-state index is -0.420. The van der Waals surface area contributed by atoms with Crippen LogP contribution in [0, 0.1) is 11.8 Å². The van der Waals surface area contributed by atoms with Crippen LogP contribution in [0.25, 0.3) is 0 Å². The van der Waals surface area contributed by atoms with Gasteiger partial charge in [-0.2, -0.15) is 0 Å². The molecule has 0 N–H and O–H groups in total. The molecule has 2 unspecified atom stereocenters. The normalized spacial score (nSPS) is 28.1. The number of hydrogen-bond donors (Lipinski definition) is 0. The topological polar surface area (TPSA) is 43.4 Å². The van der Waals surface area contributed by atoms with Crippen molar-refractivity contribution in [3.63, 3.8) is 0 Å². The van der Waals surface area contributed by atoms with Crippen molar-refractivity contribution >= 4 is 11.6 Å². The zero-order valence-corrected chi connectivity index (χ0v) is 8.97. The van der Waals surface area contributed by atoms with Crippen molar-refractivity contribution in [3.8, 4) is 0 Å². The molecule has 3 heteroatoms. The van der Waals surface area contributed by atoms with Crippen LogP contribution >= 0.6 is 0 Å². The average molecular weight is 216 g/mol. The Balaban J connectivity index is 2.55. The fourth-order valence-electron chi connectivity index (χ4n) is 2.09. The fraction of sp³-hybridized carbons (Fsp3) is 0.231. The van der Waals surface area contributed by atoms with Gasteiger partial charge in [-0.3, -0.25) is 9.59 Å². The smallest absolute Gasteiger partial charge is 0.205 e. The Morgan fingerprint density at radius 3 is 2.25 bits per heavy atom. The minimum absolute atomic E-state index is 0.1000. The summed E-state index contributed by atoms with van der Waals surface area (Å²) in [6.45, 7) is 3.55. The van der Waals surface area contributed by atoms with Gasteiger partial charge >= 0.3 is 0 Å². The highest BCUT2D eigenvalue weighted by atomic mass is 16.5. The lowest BCUT2D eigenvalue weighted by molar-refractivity contribution is -0.129. The molecule has 0 radical (unpaired) electrons. The first-order valence-electron chi connectivity index (χ1n) is 5.04. The lowest BCUT2D eigenvalue weighted by Crippen LogP contribution is -2.36. The Labute approximate surface area is 93.8 Å². The van der Waals surface area contributed by atoms with E-state index in [9.17, 15) is 9.59 Å². The molecule has 0 spiro atoms. The van der Waals surface area contributed by atoms with E-state index in [1.807, 2.05) is 0 Å². The van der Waals surface area contributed by atoms with E-state index in [4.69, 9.17) is 4.74 Å². The molecule has 0 aromatic carbocycles. The van der Waals surface area contributed by atoms with Gasteiger partial charge in [0.2, 0.25) is 5.78 Å². The monoisotopic (exact) mass is 216 g/mol. The molecule has 0 saturated heterocycles. The van der Waals surface area contributed by atoms with Gasteiger partial charge in [0.1, 0.15) is 0 Å². The van der Waals surface area contributed by atoms with E-state index in [1.165, 1.54) is 13.2 Å². The van der Waals surface area contributed by atoms with Crippen LogP contribution in [-0.4, -0.2) is 18.7 Å². The second-order valence-corrected chi connectivity index (χ2v) is 3.70. The Morgan fingerprint density at radius 2 is 1.75 bits per heavy atom.